The Balaban J connectivity index is 0.00000108. The Labute approximate surface area is 108 Å². The first kappa shape index (κ1) is 12.8. The Kier molecular flexibility index (Phi) is 4.40. The summed E-state index contributed by atoms with van der Waals surface area (Å²) in [5.41, 5.74) is 2.92. The van der Waals surface area contributed by atoms with Crippen LogP contribution in [0.1, 0.15) is 11.1 Å². The first-order chi connectivity index (χ1) is 7.92. The molecule has 2 heterocycles. The number of hydrogen-bond acceptors (Lipinski definition) is 3. The average molecular weight is 256 g/mol. The summed E-state index contributed by atoms with van der Waals surface area (Å²) in [6.45, 7) is 5.32. The molecular formula is C13H18ClNO2. The van der Waals surface area contributed by atoms with Crippen molar-refractivity contribution >= 4 is 12.4 Å². The van der Waals surface area contributed by atoms with E-state index in [-0.39, 0.29) is 18.5 Å². The van der Waals surface area contributed by atoms with Gasteiger partial charge in [0.25, 0.3) is 0 Å². The molecule has 1 aromatic carbocycles. The van der Waals surface area contributed by atoms with E-state index < -0.39 is 0 Å². The molecule has 2 aliphatic heterocycles. The lowest BCUT2D eigenvalue weighted by Crippen LogP contribution is -2.37. The molecule has 1 fully saturated rings. The number of hydrogen-bond donors (Lipinski definition) is 0. The first-order valence-corrected chi connectivity index (χ1v) is 5.90. The predicted molar refractivity (Wildman–Crippen MR) is 68.4 cm³/mol. The average Bonchev–Trinajstić information content (AvgIpc) is 2.72. The van der Waals surface area contributed by atoms with Crippen molar-refractivity contribution in [2.75, 3.05) is 26.4 Å². The number of fused-ring (bicyclic) bond motifs is 1. The molecular weight excluding hydrogens is 238 g/mol. The molecule has 0 aromatic heterocycles. The van der Waals surface area contributed by atoms with Gasteiger partial charge >= 0.3 is 0 Å². The van der Waals surface area contributed by atoms with Crippen LogP contribution in [0.25, 0.3) is 0 Å². The van der Waals surface area contributed by atoms with Crippen molar-refractivity contribution in [3.63, 3.8) is 0 Å². The van der Waals surface area contributed by atoms with E-state index in [2.05, 4.69) is 29.2 Å². The van der Waals surface area contributed by atoms with Gasteiger partial charge in [-0.15, -0.1) is 12.4 Å². The van der Waals surface area contributed by atoms with Crippen LogP contribution in [0.3, 0.4) is 0 Å². The minimum atomic E-state index is 0. The van der Waals surface area contributed by atoms with E-state index in [9.17, 15) is 0 Å². The van der Waals surface area contributed by atoms with Crippen LogP contribution in [0.2, 0.25) is 0 Å². The van der Waals surface area contributed by atoms with Crippen LogP contribution in [0.15, 0.2) is 24.3 Å². The highest BCUT2D eigenvalue weighted by molar-refractivity contribution is 5.85. The SMILES string of the molecule is Cl.c1ccc2c(c1)CN(CC1COCCO1)C2. The van der Waals surface area contributed by atoms with Crippen LogP contribution in [0.4, 0.5) is 0 Å². The molecule has 0 bridgehead atoms. The molecule has 3 rings (SSSR count). The number of rotatable bonds is 2. The van der Waals surface area contributed by atoms with Gasteiger partial charge in [0.15, 0.2) is 0 Å². The van der Waals surface area contributed by atoms with Crippen LogP contribution in [-0.2, 0) is 22.6 Å². The summed E-state index contributed by atoms with van der Waals surface area (Å²) in [6, 6.07) is 8.66. The summed E-state index contributed by atoms with van der Waals surface area (Å²) < 4.78 is 11.1. The van der Waals surface area contributed by atoms with Crippen LogP contribution in [0, 0.1) is 0 Å². The second-order valence-corrected chi connectivity index (χ2v) is 4.51. The Morgan fingerprint density at radius 1 is 1.12 bits per heavy atom. The highest BCUT2D eigenvalue weighted by Crippen LogP contribution is 2.22. The fourth-order valence-electron chi connectivity index (χ4n) is 2.46. The fraction of sp³-hybridized carbons (Fsp3) is 0.538. The first-order valence-electron chi connectivity index (χ1n) is 5.90. The van der Waals surface area contributed by atoms with Crippen LogP contribution < -0.4 is 0 Å². The van der Waals surface area contributed by atoms with Crippen molar-refractivity contribution in [3.8, 4) is 0 Å². The lowest BCUT2D eigenvalue weighted by Gasteiger charge is -2.27. The number of halogens is 1. The zero-order valence-corrected chi connectivity index (χ0v) is 10.6. The summed E-state index contributed by atoms with van der Waals surface area (Å²) in [5, 5.41) is 0. The summed E-state index contributed by atoms with van der Waals surface area (Å²) in [5.74, 6) is 0. The molecule has 1 unspecified atom stereocenters. The molecule has 0 amide bonds. The minimum absolute atomic E-state index is 0. The fourth-order valence-corrected chi connectivity index (χ4v) is 2.46. The van der Waals surface area contributed by atoms with E-state index in [0.29, 0.717) is 0 Å². The van der Waals surface area contributed by atoms with Crippen LogP contribution >= 0.6 is 12.4 Å². The van der Waals surface area contributed by atoms with Gasteiger partial charge in [0, 0.05) is 19.6 Å². The van der Waals surface area contributed by atoms with Gasteiger partial charge in [-0.1, -0.05) is 24.3 Å². The lowest BCUT2D eigenvalue weighted by atomic mass is 10.1. The van der Waals surface area contributed by atoms with Gasteiger partial charge in [0.1, 0.15) is 0 Å². The van der Waals surface area contributed by atoms with E-state index in [1.807, 2.05) is 0 Å². The molecule has 1 saturated heterocycles. The monoisotopic (exact) mass is 255 g/mol. The van der Waals surface area contributed by atoms with Crippen LogP contribution in [0.5, 0.6) is 0 Å². The molecule has 0 saturated carbocycles. The molecule has 94 valence electrons. The third-order valence-electron chi connectivity index (χ3n) is 3.25. The molecule has 0 spiro atoms. The van der Waals surface area contributed by atoms with Gasteiger partial charge in [-0.05, 0) is 11.1 Å². The van der Waals surface area contributed by atoms with Crippen molar-refractivity contribution in [3.05, 3.63) is 35.4 Å². The summed E-state index contributed by atoms with van der Waals surface area (Å²) in [7, 11) is 0. The Hall–Kier alpha value is -0.610. The van der Waals surface area contributed by atoms with Crippen molar-refractivity contribution < 1.29 is 9.47 Å². The van der Waals surface area contributed by atoms with Crippen LogP contribution in [-0.4, -0.2) is 37.4 Å². The number of ether oxygens (including phenoxy) is 2. The molecule has 1 aromatic rings. The summed E-state index contributed by atoms with van der Waals surface area (Å²) in [4.78, 5) is 2.43. The van der Waals surface area contributed by atoms with E-state index in [4.69, 9.17) is 9.47 Å². The molecule has 4 heteroatoms. The van der Waals surface area contributed by atoms with E-state index >= 15 is 0 Å². The van der Waals surface area contributed by atoms with Crippen molar-refractivity contribution in [1.29, 1.82) is 0 Å². The predicted octanol–water partition coefficient (Wildman–Crippen LogP) is 1.84. The van der Waals surface area contributed by atoms with Gasteiger partial charge < -0.3 is 9.47 Å². The zero-order chi connectivity index (χ0) is 10.8. The van der Waals surface area contributed by atoms with E-state index in [0.717, 1.165) is 39.5 Å². The standard InChI is InChI=1S/C13H17NO2.ClH/c1-2-4-12-8-14(7-11(12)3-1)9-13-10-15-5-6-16-13;/h1-4,13H,5-10H2;1H. The molecule has 0 N–H and O–H groups in total. The molecule has 1 atom stereocenters. The van der Waals surface area contributed by atoms with Crippen molar-refractivity contribution in [2.24, 2.45) is 0 Å². The summed E-state index contributed by atoms with van der Waals surface area (Å²) in [6.07, 6.45) is 0.253. The highest BCUT2D eigenvalue weighted by Gasteiger charge is 2.23. The quantitative estimate of drug-likeness (QED) is 0.805. The molecule has 3 nitrogen and oxygen atoms in total. The Morgan fingerprint density at radius 2 is 1.82 bits per heavy atom. The Bertz CT molecular complexity index is 341. The highest BCUT2D eigenvalue weighted by atomic mass is 35.5. The smallest absolute Gasteiger partial charge is 0.0936 e. The topological polar surface area (TPSA) is 21.7 Å². The second kappa shape index (κ2) is 5.83. The lowest BCUT2D eigenvalue weighted by molar-refractivity contribution is -0.0980. The summed E-state index contributed by atoms with van der Waals surface area (Å²) >= 11 is 0. The van der Waals surface area contributed by atoms with Crippen molar-refractivity contribution in [1.82, 2.24) is 4.90 Å². The number of nitrogens with zero attached hydrogens (tertiary/aromatic N) is 1. The minimum Gasteiger partial charge on any atom is -0.376 e. The maximum Gasteiger partial charge on any atom is 0.0936 e. The van der Waals surface area contributed by atoms with E-state index in [1.165, 1.54) is 11.1 Å². The maximum atomic E-state index is 5.67. The normalized spacial score (nSPS) is 24.1. The third-order valence-corrected chi connectivity index (χ3v) is 3.25. The van der Waals surface area contributed by atoms with Crippen molar-refractivity contribution in [2.45, 2.75) is 19.2 Å². The van der Waals surface area contributed by atoms with Gasteiger partial charge in [-0.2, -0.15) is 0 Å². The van der Waals surface area contributed by atoms with E-state index in [1.54, 1.807) is 0 Å². The molecule has 0 radical (unpaired) electrons. The number of benzene rings is 1. The Morgan fingerprint density at radius 3 is 2.41 bits per heavy atom. The van der Waals surface area contributed by atoms with Gasteiger partial charge in [0.2, 0.25) is 0 Å². The molecule has 2 aliphatic rings. The maximum absolute atomic E-state index is 5.67. The molecule has 17 heavy (non-hydrogen) atoms. The zero-order valence-electron chi connectivity index (χ0n) is 9.80. The van der Waals surface area contributed by atoms with Gasteiger partial charge in [-0.25, -0.2) is 0 Å². The largest absolute Gasteiger partial charge is 0.376 e. The van der Waals surface area contributed by atoms with Gasteiger partial charge in [-0.3, -0.25) is 4.90 Å². The third kappa shape index (κ3) is 2.99. The molecule has 0 aliphatic carbocycles. The van der Waals surface area contributed by atoms with Gasteiger partial charge in [0.05, 0.1) is 25.9 Å². The second-order valence-electron chi connectivity index (χ2n) is 4.51.